The van der Waals surface area contributed by atoms with Crippen molar-refractivity contribution in [3.05, 3.63) is 34.3 Å². The van der Waals surface area contributed by atoms with E-state index < -0.39 is 5.97 Å². The first-order valence-corrected chi connectivity index (χ1v) is 7.22. The van der Waals surface area contributed by atoms with Crippen LogP contribution in [0.2, 0.25) is 0 Å². The normalized spacial score (nSPS) is 13.3. The summed E-state index contributed by atoms with van der Waals surface area (Å²) in [6.45, 7) is 3.68. The number of hydrogen-bond donors (Lipinski definition) is 3. The smallest absolute Gasteiger partial charge is 0.315 e. The van der Waals surface area contributed by atoms with Gasteiger partial charge in [-0.05, 0) is 38.0 Å². The number of urea groups is 1. The summed E-state index contributed by atoms with van der Waals surface area (Å²) >= 11 is 3.36. The monoisotopic (exact) mass is 342 g/mol. The topological polar surface area (TPSA) is 78.4 Å². The maximum atomic E-state index is 11.8. The van der Waals surface area contributed by atoms with Crippen LogP contribution >= 0.6 is 15.9 Å². The molecule has 0 saturated carbocycles. The summed E-state index contributed by atoms with van der Waals surface area (Å²) in [5, 5.41) is 14.1. The SMILES string of the molecule is CC(CCC(=O)O)NC(=O)NC(C)c1ccc(Br)cc1. The van der Waals surface area contributed by atoms with Crippen molar-refractivity contribution in [3.8, 4) is 0 Å². The molecule has 2 amide bonds. The molecule has 2 unspecified atom stereocenters. The molecule has 0 aliphatic rings. The summed E-state index contributed by atoms with van der Waals surface area (Å²) in [6.07, 6.45) is 0.457. The van der Waals surface area contributed by atoms with Gasteiger partial charge in [-0.15, -0.1) is 0 Å². The zero-order chi connectivity index (χ0) is 15.1. The first-order valence-electron chi connectivity index (χ1n) is 6.42. The zero-order valence-corrected chi connectivity index (χ0v) is 13.1. The second-order valence-electron chi connectivity index (χ2n) is 4.72. The second kappa shape index (κ2) is 7.89. The van der Waals surface area contributed by atoms with Crippen LogP contribution in [0.1, 0.15) is 38.3 Å². The first-order chi connectivity index (χ1) is 9.38. The van der Waals surface area contributed by atoms with Crippen LogP contribution in [0, 0.1) is 0 Å². The Hall–Kier alpha value is -1.56. The summed E-state index contributed by atoms with van der Waals surface area (Å²) in [5.41, 5.74) is 1.00. The molecule has 3 N–H and O–H groups in total. The number of benzene rings is 1. The van der Waals surface area contributed by atoms with E-state index in [0.717, 1.165) is 10.0 Å². The molecule has 20 heavy (non-hydrogen) atoms. The molecule has 0 spiro atoms. The van der Waals surface area contributed by atoms with E-state index in [4.69, 9.17) is 5.11 Å². The van der Waals surface area contributed by atoms with Crippen molar-refractivity contribution >= 4 is 27.9 Å². The number of carbonyl (C=O) groups excluding carboxylic acids is 1. The Morgan fingerprint density at radius 1 is 1.20 bits per heavy atom. The molecule has 0 aliphatic heterocycles. The largest absolute Gasteiger partial charge is 0.481 e. The molecule has 2 atom stereocenters. The molecule has 0 aromatic heterocycles. The fourth-order valence-corrected chi connectivity index (χ4v) is 1.97. The Balaban J connectivity index is 2.41. The number of carboxylic acid groups (broad SMARTS) is 1. The van der Waals surface area contributed by atoms with Crippen LogP contribution in [-0.4, -0.2) is 23.1 Å². The van der Waals surface area contributed by atoms with E-state index in [1.165, 1.54) is 0 Å². The Kier molecular flexibility index (Phi) is 6.51. The van der Waals surface area contributed by atoms with Gasteiger partial charge >= 0.3 is 12.0 Å². The number of amides is 2. The number of halogens is 1. The molecule has 110 valence electrons. The summed E-state index contributed by atoms with van der Waals surface area (Å²) in [4.78, 5) is 22.2. The van der Waals surface area contributed by atoms with E-state index in [1.54, 1.807) is 6.92 Å². The van der Waals surface area contributed by atoms with Gasteiger partial charge in [-0.1, -0.05) is 28.1 Å². The third-order valence-electron chi connectivity index (χ3n) is 2.89. The molecular weight excluding hydrogens is 324 g/mol. The van der Waals surface area contributed by atoms with Gasteiger partial charge in [0.25, 0.3) is 0 Å². The van der Waals surface area contributed by atoms with Crippen LogP contribution in [-0.2, 0) is 4.79 Å². The van der Waals surface area contributed by atoms with Crippen LogP contribution in [0.15, 0.2) is 28.7 Å². The van der Waals surface area contributed by atoms with Gasteiger partial charge in [0.2, 0.25) is 0 Å². The number of nitrogens with one attached hydrogen (secondary N) is 2. The van der Waals surface area contributed by atoms with Gasteiger partial charge in [-0.2, -0.15) is 0 Å². The van der Waals surface area contributed by atoms with Crippen molar-refractivity contribution in [2.75, 3.05) is 0 Å². The Morgan fingerprint density at radius 2 is 1.80 bits per heavy atom. The highest BCUT2D eigenvalue weighted by Crippen LogP contribution is 2.16. The molecule has 1 aromatic carbocycles. The molecule has 0 fully saturated rings. The Bertz CT molecular complexity index is 462. The van der Waals surface area contributed by atoms with Gasteiger partial charge in [-0.25, -0.2) is 4.79 Å². The highest BCUT2D eigenvalue weighted by atomic mass is 79.9. The van der Waals surface area contributed by atoms with Gasteiger partial charge in [0.05, 0.1) is 6.04 Å². The van der Waals surface area contributed by atoms with Crippen molar-refractivity contribution in [2.24, 2.45) is 0 Å². The third-order valence-corrected chi connectivity index (χ3v) is 3.41. The number of carbonyl (C=O) groups is 2. The van der Waals surface area contributed by atoms with E-state index in [-0.39, 0.29) is 24.5 Å². The number of rotatable bonds is 6. The van der Waals surface area contributed by atoms with Gasteiger partial charge in [-0.3, -0.25) is 4.79 Å². The summed E-state index contributed by atoms with van der Waals surface area (Å²) < 4.78 is 0.986. The van der Waals surface area contributed by atoms with E-state index in [2.05, 4.69) is 26.6 Å². The quantitative estimate of drug-likeness (QED) is 0.743. The molecule has 0 radical (unpaired) electrons. The molecular formula is C14H19BrN2O3. The lowest BCUT2D eigenvalue weighted by molar-refractivity contribution is -0.137. The second-order valence-corrected chi connectivity index (χ2v) is 5.64. The van der Waals surface area contributed by atoms with Gasteiger partial charge < -0.3 is 15.7 Å². The zero-order valence-electron chi connectivity index (χ0n) is 11.5. The lowest BCUT2D eigenvalue weighted by Gasteiger charge is -2.18. The summed E-state index contributed by atoms with van der Waals surface area (Å²) in [7, 11) is 0. The molecule has 0 saturated heterocycles. The Morgan fingerprint density at radius 3 is 2.35 bits per heavy atom. The summed E-state index contributed by atoms with van der Waals surface area (Å²) in [6, 6.07) is 7.12. The maximum Gasteiger partial charge on any atom is 0.315 e. The average molecular weight is 343 g/mol. The van der Waals surface area contributed by atoms with Crippen LogP contribution in [0.3, 0.4) is 0 Å². The van der Waals surface area contributed by atoms with E-state index in [9.17, 15) is 9.59 Å². The predicted octanol–water partition coefficient (Wildman–Crippen LogP) is 3.06. The highest BCUT2D eigenvalue weighted by Gasteiger charge is 2.12. The van der Waals surface area contributed by atoms with E-state index >= 15 is 0 Å². The fraction of sp³-hybridized carbons (Fsp3) is 0.429. The van der Waals surface area contributed by atoms with Gasteiger partial charge in [0.1, 0.15) is 0 Å². The minimum atomic E-state index is -0.859. The fourth-order valence-electron chi connectivity index (χ4n) is 1.71. The first kappa shape index (κ1) is 16.5. The highest BCUT2D eigenvalue weighted by molar-refractivity contribution is 9.10. The summed E-state index contributed by atoms with van der Waals surface area (Å²) in [5.74, 6) is -0.859. The molecule has 1 rings (SSSR count). The van der Waals surface area contributed by atoms with Crippen molar-refractivity contribution in [3.63, 3.8) is 0 Å². The van der Waals surface area contributed by atoms with Gasteiger partial charge in [0.15, 0.2) is 0 Å². The van der Waals surface area contributed by atoms with Crippen molar-refractivity contribution in [1.29, 1.82) is 0 Å². The predicted molar refractivity (Wildman–Crippen MR) is 80.6 cm³/mol. The molecule has 0 aliphatic carbocycles. The average Bonchev–Trinajstić information content (AvgIpc) is 2.36. The van der Waals surface area contributed by atoms with Crippen molar-refractivity contribution < 1.29 is 14.7 Å². The van der Waals surface area contributed by atoms with Gasteiger partial charge in [0, 0.05) is 16.9 Å². The van der Waals surface area contributed by atoms with Crippen LogP contribution < -0.4 is 10.6 Å². The third kappa shape index (κ3) is 6.06. The molecule has 5 nitrogen and oxygen atoms in total. The van der Waals surface area contributed by atoms with Crippen LogP contribution in [0.5, 0.6) is 0 Å². The lowest BCUT2D eigenvalue weighted by Crippen LogP contribution is -2.41. The maximum absolute atomic E-state index is 11.8. The standard InChI is InChI=1S/C14H19BrN2O3/c1-9(3-8-13(18)19)16-14(20)17-10(2)11-4-6-12(15)7-5-11/h4-7,9-10H,3,8H2,1-2H3,(H,18,19)(H2,16,17,20). The minimum absolute atomic E-state index is 0.0453. The minimum Gasteiger partial charge on any atom is -0.481 e. The molecule has 0 bridgehead atoms. The van der Waals surface area contributed by atoms with Crippen LogP contribution in [0.4, 0.5) is 4.79 Å². The molecule has 6 heteroatoms. The van der Waals surface area contributed by atoms with Crippen molar-refractivity contribution in [1.82, 2.24) is 10.6 Å². The molecule has 1 aromatic rings. The van der Waals surface area contributed by atoms with E-state index in [1.807, 2.05) is 31.2 Å². The van der Waals surface area contributed by atoms with Crippen molar-refractivity contribution in [2.45, 2.75) is 38.8 Å². The number of hydrogen-bond acceptors (Lipinski definition) is 2. The molecule has 0 heterocycles. The Labute approximate surface area is 126 Å². The lowest BCUT2D eigenvalue weighted by atomic mass is 10.1. The number of carboxylic acids is 1. The van der Waals surface area contributed by atoms with Crippen LogP contribution in [0.25, 0.3) is 0 Å². The van der Waals surface area contributed by atoms with E-state index in [0.29, 0.717) is 6.42 Å². The number of aliphatic carboxylic acids is 1.